The molecule has 2 fully saturated rings. The number of hydrogen-bond acceptors (Lipinski definition) is 7. The van der Waals surface area contributed by atoms with Gasteiger partial charge in [0, 0.05) is 32.4 Å². The average Bonchev–Trinajstić information content (AvgIpc) is 3.50. The molecule has 1 amide bonds. The molecule has 0 aromatic carbocycles. The summed E-state index contributed by atoms with van der Waals surface area (Å²) >= 11 is 0. The minimum Gasteiger partial charge on any atom is -0.505 e. The van der Waals surface area contributed by atoms with Gasteiger partial charge in [-0.05, 0) is 31.2 Å². The molecule has 0 saturated carbocycles. The molecule has 32 heavy (non-hydrogen) atoms. The number of aromatic nitrogens is 2. The van der Waals surface area contributed by atoms with Crippen molar-refractivity contribution in [1.29, 1.82) is 0 Å². The van der Waals surface area contributed by atoms with Gasteiger partial charge in [-0.3, -0.25) is 18.9 Å². The number of pyridine rings is 1. The van der Waals surface area contributed by atoms with E-state index in [1.54, 1.807) is 29.7 Å². The summed E-state index contributed by atoms with van der Waals surface area (Å²) in [5, 5.41) is 11.3. The normalized spacial score (nSPS) is 21.7. The molecular formula is C23H24N4O5. The molecule has 9 heteroatoms. The van der Waals surface area contributed by atoms with Gasteiger partial charge in [0.15, 0.2) is 5.76 Å². The number of fused-ring (bicyclic) bond motifs is 1. The maximum absolute atomic E-state index is 13.1. The van der Waals surface area contributed by atoms with Crippen molar-refractivity contribution in [3.05, 3.63) is 65.5 Å². The second kappa shape index (κ2) is 8.25. The van der Waals surface area contributed by atoms with Crippen LogP contribution in [0, 0.1) is 6.92 Å². The second-order valence-electron chi connectivity index (χ2n) is 7.94. The number of imidazole rings is 1. The Morgan fingerprint density at radius 1 is 1.16 bits per heavy atom. The molecule has 2 aliphatic rings. The van der Waals surface area contributed by atoms with Gasteiger partial charge in [-0.1, -0.05) is 6.07 Å². The largest absolute Gasteiger partial charge is 0.505 e. The number of aliphatic hydroxyl groups is 1. The first-order valence-corrected chi connectivity index (χ1v) is 10.6. The molecule has 3 aromatic rings. The van der Waals surface area contributed by atoms with Gasteiger partial charge < -0.3 is 19.2 Å². The zero-order valence-electron chi connectivity index (χ0n) is 17.7. The average molecular weight is 436 g/mol. The predicted octanol–water partition coefficient (Wildman–Crippen LogP) is 1.99. The Bertz CT molecular complexity index is 1190. The first-order valence-electron chi connectivity index (χ1n) is 10.6. The Morgan fingerprint density at radius 3 is 2.72 bits per heavy atom. The molecule has 2 aliphatic heterocycles. The molecule has 1 atom stereocenters. The summed E-state index contributed by atoms with van der Waals surface area (Å²) in [5.74, 6) is -1.20. The number of rotatable bonds is 5. The van der Waals surface area contributed by atoms with E-state index in [0.717, 1.165) is 13.1 Å². The molecule has 5 heterocycles. The second-order valence-corrected chi connectivity index (χ2v) is 7.94. The zero-order valence-corrected chi connectivity index (χ0v) is 17.7. The van der Waals surface area contributed by atoms with Gasteiger partial charge in [0.2, 0.25) is 0 Å². The van der Waals surface area contributed by atoms with Gasteiger partial charge in [0.1, 0.15) is 23.1 Å². The van der Waals surface area contributed by atoms with Crippen LogP contribution >= 0.6 is 0 Å². The lowest BCUT2D eigenvalue weighted by Gasteiger charge is -2.30. The van der Waals surface area contributed by atoms with Crippen molar-refractivity contribution in [3.8, 4) is 0 Å². The highest BCUT2D eigenvalue weighted by Crippen LogP contribution is 2.40. The van der Waals surface area contributed by atoms with E-state index >= 15 is 0 Å². The Labute approximate surface area is 184 Å². The molecule has 0 radical (unpaired) electrons. The van der Waals surface area contributed by atoms with Crippen LogP contribution in [0.15, 0.2) is 52.8 Å². The lowest BCUT2D eigenvalue weighted by molar-refractivity contribution is -0.140. The highest BCUT2D eigenvalue weighted by Gasteiger charge is 2.47. The third-order valence-corrected chi connectivity index (χ3v) is 6.04. The molecule has 3 aromatic heterocycles. The molecule has 2 saturated heterocycles. The number of hydrogen-bond donors (Lipinski definition) is 1. The summed E-state index contributed by atoms with van der Waals surface area (Å²) in [4.78, 5) is 34.3. The van der Waals surface area contributed by atoms with Crippen LogP contribution in [-0.2, 0) is 14.3 Å². The van der Waals surface area contributed by atoms with Crippen LogP contribution in [-0.4, -0.2) is 75.4 Å². The van der Waals surface area contributed by atoms with Crippen molar-refractivity contribution in [1.82, 2.24) is 19.2 Å². The number of aliphatic hydroxyl groups excluding tert-OH is 1. The summed E-state index contributed by atoms with van der Waals surface area (Å²) < 4.78 is 12.7. The Kier molecular flexibility index (Phi) is 5.28. The van der Waals surface area contributed by atoms with E-state index < -0.39 is 17.7 Å². The standard InChI is InChI=1S/C23H24N4O5/c1-15-19(26-7-3-2-6-17(26)24-15)21(28)18-20(16-5-4-12-32-16)27(23(30)22(18)29)9-8-25-10-13-31-14-11-25/h2-7,12,20,28H,8-11,13-14H2,1H3/b21-18+/t20-/m0/s1. The first kappa shape index (κ1) is 20.5. The number of nitrogens with zero attached hydrogens (tertiary/aromatic N) is 4. The van der Waals surface area contributed by atoms with Crippen molar-refractivity contribution in [2.45, 2.75) is 13.0 Å². The number of aryl methyl sites for hydroxylation is 1. The van der Waals surface area contributed by atoms with Crippen LogP contribution in [0.5, 0.6) is 0 Å². The van der Waals surface area contributed by atoms with Crippen LogP contribution in [0.2, 0.25) is 0 Å². The minimum atomic E-state index is -0.806. The van der Waals surface area contributed by atoms with Gasteiger partial charge in [0.25, 0.3) is 11.7 Å². The molecule has 0 spiro atoms. The van der Waals surface area contributed by atoms with Crippen LogP contribution in [0.4, 0.5) is 0 Å². The lowest BCUT2D eigenvalue weighted by Crippen LogP contribution is -2.42. The van der Waals surface area contributed by atoms with E-state index in [9.17, 15) is 14.7 Å². The Hall–Kier alpha value is -3.43. The van der Waals surface area contributed by atoms with Crippen molar-refractivity contribution in [3.63, 3.8) is 0 Å². The van der Waals surface area contributed by atoms with E-state index in [0.29, 0.717) is 49.1 Å². The smallest absolute Gasteiger partial charge is 0.295 e. The van der Waals surface area contributed by atoms with Crippen LogP contribution in [0.1, 0.15) is 23.2 Å². The molecule has 0 unspecified atom stereocenters. The molecule has 9 nitrogen and oxygen atoms in total. The molecule has 1 N–H and O–H groups in total. The summed E-state index contributed by atoms with van der Waals surface area (Å²) in [5.41, 5.74) is 1.61. The number of ether oxygens (including phenoxy) is 1. The number of morpholine rings is 1. The molecule has 0 aliphatic carbocycles. The highest BCUT2D eigenvalue weighted by atomic mass is 16.5. The quantitative estimate of drug-likeness (QED) is 0.371. The summed E-state index contributed by atoms with van der Waals surface area (Å²) in [7, 11) is 0. The first-order chi connectivity index (χ1) is 15.6. The van der Waals surface area contributed by atoms with E-state index in [4.69, 9.17) is 9.15 Å². The highest BCUT2D eigenvalue weighted by molar-refractivity contribution is 6.46. The van der Waals surface area contributed by atoms with Gasteiger partial charge in [-0.25, -0.2) is 4.98 Å². The number of carbonyl (C=O) groups excluding carboxylic acids is 2. The number of furan rings is 1. The van der Waals surface area contributed by atoms with Crippen LogP contribution < -0.4 is 0 Å². The van der Waals surface area contributed by atoms with Crippen LogP contribution in [0.3, 0.4) is 0 Å². The third kappa shape index (κ3) is 3.39. The fraction of sp³-hybridized carbons (Fsp3) is 0.348. The summed E-state index contributed by atoms with van der Waals surface area (Å²) in [6.07, 6.45) is 3.26. The zero-order chi connectivity index (χ0) is 22.2. The van der Waals surface area contributed by atoms with Crippen molar-refractivity contribution in [2.24, 2.45) is 0 Å². The lowest BCUT2D eigenvalue weighted by atomic mass is 10.0. The van der Waals surface area contributed by atoms with Crippen LogP contribution in [0.25, 0.3) is 11.4 Å². The third-order valence-electron chi connectivity index (χ3n) is 6.04. The molecule has 5 rings (SSSR count). The van der Waals surface area contributed by atoms with Crippen molar-refractivity contribution >= 4 is 23.1 Å². The molecular weight excluding hydrogens is 412 g/mol. The fourth-order valence-corrected chi connectivity index (χ4v) is 4.45. The Morgan fingerprint density at radius 2 is 1.97 bits per heavy atom. The van der Waals surface area contributed by atoms with Gasteiger partial charge in [-0.15, -0.1) is 0 Å². The minimum absolute atomic E-state index is 0.0145. The number of Topliss-reactive ketones (excluding diaryl/α,β-unsaturated/α-hetero) is 1. The maximum Gasteiger partial charge on any atom is 0.295 e. The van der Waals surface area contributed by atoms with E-state index in [1.807, 2.05) is 18.2 Å². The van der Waals surface area contributed by atoms with E-state index in [2.05, 4.69) is 9.88 Å². The fourth-order valence-electron chi connectivity index (χ4n) is 4.45. The topological polar surface area (TPSA) is 101 Å². The van der Waals surface area contributed by atoms with Crippen molar-refractivity contribution in [2.75, 3.05) is 39.4 Å². The molecule has 0 bridgehead atoms. The number of carbonyl (C=O) groups is 2. The number of amides is 1. The summed E-state index contributed by atoms with van der Waals surface area (Å²) in [6.45, 7) is 5.54. The van der Waals surface area contributed by atoms with E-state index in [1.165, 1.54) is 11.2 Å². The predicted molar refractivity (Wildman–Crippen MR) is 115 cm³/mol. The van der Waals surface area contributed by atoms with Gasteiger partial charge >= 0.3 is 0 Å². The monoisotopic (exact) mass is 436 g/mol. The van der Waals surface area contributed by atoms with Gasteiger partial charge in [-0.2, -0.15) is 0 Å². The number of likely N-dealkylation sites (tertiary alicyclic amines) is 1. The Balaban J connectivity index is 1.57. The van der Waals surface area contributed by atoms with Gasteiger partial charge in [0.05, 0.1) is 30.7 Å². The molecule has 166 valence electrons. The number of ketones is 1. The SMILES string of the molecule is Cc1nc2ccccn2c1/C(O)=C1\C(=O)C(=O)N(CCN2CCOCC2)[C@H]1c1ccco1. The summed E-state index contributed by atoms with van der Waals surface area (Å²) in [6, 6.07) is 8.09. The van der Waals surface area contributed by atoms with E-state index in [-0.39, 0.29) is 11.3 Å². The maximum atomic E-state index is 13.1. The van der Waals surface area contributed by atoms with Crippen molar-refractivity contribution < 1.29 is 23.8 Å².